The molecule has 0 radical (unpaired) electrons. The van der Waals surface area contributed by atoms with Gasteiger partial charge in [0.05, 0.1) is 4.88 Å². The first kappa shape index (κ1) is 19.5. The van der Waals surface area contributed by atoms with E-state index >= 15 is 0 Å². The van der Waals surface area contributed by atoms with Gasteiger partial charge in [0.2, 0.25) is 0 Å². The second kappa shape index (κ2) is 10.9. The Morgan fingerprint density at radius 2 is 1.88 bits per heavy atom. The molecule has 0 fully saturated rings. The van der Waals surface area contributed by atoms with Crippen molar-refractivity contribution >= 4 is 52.2 Å². The molecule has 2 heterocycles. The van der Waals surface area contributed by atoms with Gasteiger partial charge in [-0.1, -0.05) is 12.1 Å². The van der Waals surface area contributed by atoms with Crippen molar-refractivity contribution in [3.63, 3.8) is 0 Å². The van der Waals surface area contributed by atoms with Gasteiger partial charge >= 0.3 is 5.97 Å². The van der Waals surface area contributed by atoms with Crippen LogP contribution in [0.1, 0.15) is 14.5 Å². The Labute approximate surface area is 158 Å². The van der Waals surface area contributed by atoms with Crippen LogP contribution in [0.5, 0.6) is 0 Å². The molecule has 0 bridgehead atoms. The zero-order chi connectivity index (χ0) is 17.9. The third-order valence-corrected chi connectivity index (χ3v) is 5.83. The Balaban J connectivity index is 1.49. The predicted octanol–water partition coefficient (Wildman–Crippen LogP) is 2.13. The molecule has 0 saturated heterocycles. The summed E-state index contributed by atoms with van der Waals surface area (Å²) in [6.07, 6.45) is 0. The van der Waals surface area contributed by atoms with Gasteiger partial charge in [0, 0.05) is 22.9 Å². The molecule has 9 heteroatoms. The first-order valence-corrected chi connectivity index (χ1v) is 10.4. The van der Waals surface area contributed by atoms with Gasteiger partial charge in [-0.05, 0) is 22.9 Å². The summed E-state index contributed by atoms with van der Waals surface area (Å²) in [5, 5.41) is 8.94. The maximum atomic E-state index is 11.6. The summed E-state index contributed by atoms with van der Waals surface area (Å²) in [5.41, 5.74) is 0. The Morgan fingerprint density at radius 3 is 2.60 bits per heavy atom. The van der Waals surface area contributed by atoms with Crippen LogP contribution in [0.4, 0.5) is 0 Å². The second-order valence-corrected chi connectivity index (χ2v) is 7.89. The molecule has 134 valence electrons. The van der Waals surface area contributed by atoms with Gasteiger partial charge in [0.15, 0.2) is 6.61 Å². The molecule has 0 unspecified atom stereocenters. The molecule has 2 aromatic heterocycles. The standard InChI is InChI=1S/C16H18N2O4S3/c19-14(17-5-8-23-11-12-3-1-6-24-12)10-22-15(20)9-18-16(21)13-4-2-7-25-13/h1-4,6-7H,5,8-11H2,(H,17,19)(H,18,21). The number of thiophene rings is 2. The summed E-state index contributed by atoms with van der Waals surface area (Å²) < 4.78 is 4.82. The predicted molar refractivity (Wildman–Crippen MR) is 101 cm³/mol. The van der Waals surface area contributed by atoms with E-state index in [2.05, 4.69) is 16.7 Å². The highest BCUT2D eigenvalue weighted by Crippen LogP contribution is 2.16. The molecule has 0 aliphatic rings. The Bertz CT molecular complexity index is 672. The molecule has 2 aromatic rings. The lowest BCUT2D eigenvalue weighted by Crippen LogP contribution is -2.34. The Hall–Kier alpha value is -1.84. The smallest absolute Gasteiger partial charge is 0.325 e. The van der Waals surface area contributed by atoms with Crippen LogP contribution in [-0.4, -0.2) is 43.2 Å². The number of rotatable bonds is 10. The molecule has 2 rings (SSSR count). The molecule has 0 aromatic carbocycles. The lowest BCUT2D eigenvalue weighted by Gasteiger charge is -2.07. The average Bonchev–Trinajstić information content (AvgIpc) is 3.31. The van der Waals surface area contributed by atoms with Gasteiger partial charge in [0.25, 0.3) is 11.8 Å². The topological polar surface area (TPSA) is 84.5 Å². The van der Waals surface area contributed by atoms with Crippen molar-refractivity contribution in [3.05, 3.63) is 44.8 Å². The van der Waals surface area contributed by atoms with Gasteiger partial charge in [0.1, 0.15) is 6.54 Å². The fourth-order valence-electron chi connectivity index (χ4n) is 1.73. The first-order chi connectivity index (χ1) is 12.1. The number of nitrogens with one attached hydrogen (secondary N) is 2. The maximum Gasteiger partial charge on any atom is 0.325 e. The van der Waals surface area contributed by atoms with Crippen molar-refractivity contribution in [2.75, 3.05) is 25.4 Å². The summed E-state index contributed by atoms with van der Waals surface area (Å²) in [7, 11) is 0. The summed E-state index contributed by atoms with van der Waals surface area (Å²) in [6, 6.07) is 7.50. The molecule has 0 aliphatic carbocycles. The van der Waals surface area contributed by atoms with Gasteiger partial charge in [-0.25, -0.2) is 0 Å². The minimum atomic E-state index is -0.646. The third kappa shape index (κ3) is 7.72. The van der Waals surface area contributed by atoms with E-state index in [4.69, 9.17) is 4.74 Å². The lowest BCUT2D eigenvalue weighted by atomic mass is 10.4. The summed E-state index contributed by atoms with van der Waals surface area (Å²) >= 11 is 4.72. The molecule has 2 N–H and O–H groups in total. The largest absolute Gasteiger partial charge is 0.454 e. The summed E-state index contributed by atoms with van der Waals surface area (Å²) in [5.74, 6) is 0.377. The number of carbonyl (C=O) groups is 3. The number of thioether (sulfide) groups is 1. The van der Waals surface area contributed by atoms with E-state index in [1.54, 1.807) is 40.6 Å². The number of hydrogen-bond donors (Lipinski definition) is 2. The number of amides is 2. The summed E-state index contributed by atoms with van der Waals surface area (Å²) in [4.78, 5) is 36.6. The van der Waals surface area contributed by atoms with Crippen molar-refractivity contribution in [2.45, 2.75) is 5.75 Å². The van der Waals surface area contributed by atoms with E-state index < -0.39 is 5.97 Å². The second-order valence-electron chi connectivity index (χ2n) is 4.80. The normalized spacial score (nSPS) is 10.2. The van der Waals surface area contributed by atoms with Crippen LogP contribution in [0.2, 0.25) is 0 Å². The average molecular weight is 399 g/mol. The van der Waals surface area contributed by atoms with Gasteiger partial charge < -0.3 is 15.4 Å². The van der Waals surface area contributed by atoms with E-state index in [9.17, 15) is 14.4 Å². The van der Waals surface area contributed by atoms with E-state index in [-0.39, 0.29) is 25.0 Å². The number of hydrogen-bond acceptors (Lipinski definition) is 7. The number of esters is 1. The molecular weight excluding hydrogens is 380 g/mol. The van der Waals surface area contributed by atoms with Crippen LogP contribution >= 0.6 is 34.4 Å². The van der Waals surface area contributed by atoms with Gasteiger partial charge in [-0.3, -0.25) is 14.4 Å². The fourth-order valence-corrected chi connectivity index (χ4v) is 4.06. The van der Waals surface area contributed by atoms with Crippen molar-refractivity contribution < 1.29 is 19.1 Å². The van der Waals surface area contributed by atoms with Crippen LogP contribution in [0.3, 0.4) is 0 Å². The fraction of sp³-hybridized carbons (Fsp3) is 0.312. The molecule has 25 heavy (non-hydrogen) atoms. The minimum absolute atomic E-state index is 0.263. The maximum absolute atomic E-state index is 11.6. The molecule has 0 saturated carbocycles. The quantitative estimate of drug-likeness (QED) is 0.473. The van der Waals surface area contributed by atoms with Crippen molar-refractivity contribution in [2.24, 2.45) is 0 Å². The Morgan fingerprint density at radius 1 is 1.08 bits per heavy atom. The van der Waals surface area contributed by atoms with Gasteiger partial charge in [-0.15, -0.1) is 22.7 Å². The highest BCUT2D eigenvalue weighted by Gasteiger charge is 2.11. The SMILES string of the molecule is O=C(COC(=O)CNC(=O)c1cccs1)NCCSCc1cccs1. The molecule has 0 atom stereocenters. The van der Waals surface area contributed by atoms with E-state index in [1.165, 1.54) is 16.2 Å². The zero-order valence-electron chi connectivity index (χ0n) is 13.4. The number of ether oxygens (including phenoxy) is 1. The zero-order valence-corrected chi connectivity index (χ0v) is 15.8. The van der Waals surface area contributed by atoms with Crippen LogP contribution in [0.25, 0.3) is 0 Å². The van der Waals surface area contributed by atoms with E-state index in [0.717, 1.165) is 11.5 Å². The van der Waals surface area contributed by atoms with E-state index in [1.807, 2.05) is 11.4 Å². The van der Waals surface area contributed by atoms with Crippen molar-refractivity contribution in [1.29, 1.82) is 0 Å². The van der Waals surface area contributed by atoms with Crippen LogP contribution in [0.15, 0.2) is 35.0 Å². The Kier molecular flexibility index (Phi) is 8.50. The van der Waals surface area contributed by atoms with Crippen LogP contribution in [0, 0.1) is 0 Å². The van der Waals surface area contributed by atoms with Crippen LogP contribution in [-0.2, 0) is 20.1 Å². The van der Waals surface area contributed by atoms with E-state index in [0.29, 0.717) is 11.4 Å². The monoisotopic (exact) mass is 398 g/mol. The minimum Gasteiger partial charge on any atom is -0.454 e. The molecular formula is C16H18N2O4S3. The van der Waals surface area contributed by atoms with Crippen molar-refractivity contribution in [3.8, 4) is 0 Å². The lowest BCUT2D eigenvalue weighted by molar-refractivity contribution is -0.147. The van der Waals surface area contributed by atoms with Crippen molar-refractivity contribution in [1.82, 2.24) is 10.6 Å². The first-order valence-electron chi connectivity index (χ1n) is 7.49. The highest BCUT2D eigenvalue weighted by atomic mass is 32.2. The van der Waals surface area contributed by atoms with Gasteiger partial charge in [-0.2, -0.15) is 11.8 Å². The van der Waals surface area contributed by atoms with Crippen LogP contribution < -0.4 is 10.6 Å². The molecule has 2 amide bonds. The molecule has 0 spiro atoms. The molecule has 6 nitrogen and oxygen atoms in total. The summed E-state index contributed by atoms with van der Waals surface area (Å²) in [6.45, 7) is -0.0918. The highest BCUT2D eigenvalue weighted by molar-refractivity contribution is 7.98. The third-order valence-electron chi connectivity index (χ3n) is 2.90. The molecule has 0 aliphatic heterocycles. The number of carbonyl (C=O) groups excluding carboxylic acids is 3.